The van der Waals surface area contributed by atoms with Gasteiger partial charge in [-0.1, -0.05) is 61.7 Å². The van der Waals surface area contributed by atoms with E-state index in [1.807, 2.05) is 47.4 Å². The molecule has 0 radical (unpaired) electrons. The fourth-order valence-electron chi connectivity index (χ4n) is 5.33. The van der Waals surface area contributed by atoms with E-state index in [1.54, 1.807) is 30.0 Å². The summed E-state index contributed by atoms with van der Waals surface area (Å²) in [4.78, 5) is 16.2. The monoisotopic (exact) mass is 477 g/mol. The molecule has 5 rings (SSSR count). The zero-order valence-electron chi connectivity index (χ0n) is 19.2. The van der Waals surface area contributed by atoms with Crippen molar-refractivity contribution < 1.29 is 13.6 Å². The van der Waals surface area contributed by atoms with Gasteiger partial charge in [0.05, 0.1) is 4.75 Å². The minimum atomic E-state index is -0.474. The van der Waals surface area contributed by atoms with Gasteiger partial charge in [0, 0.05) is 29.5 Å². The van der Waals surface area contributed by atoms with Crippen LogP contribution in [-0.2, 0) is 9.54 Å². The molecule has 2 fully saturated rings. The molecule has 0 unspecified atom stereocenters. The Hall–Kier alpha value is -2.66. The van der Waals surface area contributed by atoms with Crippen molar-refractivity contribution in [2.75, 3.05) is 13.1 Å². The number of thioether (sulfide) groups is 1. The van der Waals surface area contributed by atoms with Crippen LogP contribution in [0.1, 0.15) is 44.1 Å². The number of carbonyl (C=O) groups excluding carboxylic acids is 1. The normalized spacial score (nSPS) is 21.1. The van der Waals surface area contributed by atoms with Gasteiger partial charge in [0.25, 0.3) is 0 Å². The number of hydrogen-bond donors (Lipinski definition) is 0. The molecule has 1 saturated carbocycles. The van der Waals surface area contributed by atoms with E-state index in [9.17, 15) is 9.18 Å². The maximum atomic E-state index is 15.4. The third-order valence-corrected chi connectivity index (χ3v) is 8.67. The summed E-state index contributed by atoms with van der Waals surface area (Å²) in [5.41, 5.74) is 2.28. The van der Waals surface area contributed by atoms with Crippen molar-refractivity contribution in [3.05, 3.63) is 90.0 Å². The van der Waals surface area contributed by atoms with E-state index in [4.69, 9.17) is 0 Å². The number of amides is 1. The lowest BCUT2D eigenvalue weighted by Crippen LogP contribution is -2.37. The lowest BCUT2D eigenvalue weighted by atomic mass is 9.88. The Labute approximate surface area is 204 Å². The standard InChI is InChI=1S/C29H29F2NOS/c30-24-12-14-25(15-13-24)34-29(17-18-32(20-29)28(33)22-9-5-2-6-10-22)23-11-16-26(27(31)19-23)21-7-3-1-4-8-21/h1,3-4,7-8,11-16,19,22H,2,5-6,9-10,17-18,20H2/t29-/m0/s1. The quantitative estimate of drug-likeness (QED) is 0.381. The average molecular weight is 478 g/mol. The van der Waals surface area contributed by atoms with Crippen molar-refractivity contribution in [3.8, 4) is 11.1 Å². The van der Waals surface area contributed by atoms with Gasteiger partial charge in [-0.15, -0.1) is 11.8 Å². The summed E-state index contributed by atoms with van der Waals surface area (Å²) in [6.07, 6.45) is 6.11. The molecule has 3 aromatic rings. The molecule has 0 N–H and O–H groups in total. The number of likely N-dealkylation sites (tertiary alicyclic amines) is 1. The SMILES string of the molecule is O=C(C1CCCCC1)N1CC[C@@](Sc2ccc(F)cc2)(c2ccc(-c3ccccc3)c(F)c2)C1. The predicted octanol–water partition coefficient (Wildman–Crippen LogP) is 7.43. The fraction of sp³-hybridized carbons (Fsp3) is 0.345. The number of benzene rings is 3. The number of carbonyl (C=O) groups is 1. The topological polar surface area (TPSA) is 20.3 Å². The zero-order valence-corrected chi connectivity index (χ0v) is 20.0. The first-order chi connectivity index (χ1) is 16.5. The van der Waals surface area contributed by atoms with Crippen molar-refractivity contribution >= 4 is 17.7 Å². The van der Waals surface area contributed by atoms with Crippen LogP contribution < -0.4 is 0 Å². The Bertz CT molecular complexity index is 1140. The highest BCUT2D eigenvalue weighted by atomic mass is 32.2. The van der Waals surface area contributed by atoms with Crippen LogP contribution >= 0.6 is 11.8 Å². The lowest BCUT2D eigenvalue weighted by molar-refractivity contribution is -0.135. The fourth-order valence-corrected chi connectivity index (χ4v) is 6.72. The first kappa shape index (κ1) is 23.1. The molecule has 1 heterocycles. The van der Waals surface area contributed by atoms with E-state index in [0.29, 0.717) is 18.7 Å². The number of hydrogen-bond acceptors (Lipinski definition) is 2. The van der Waals surface area contributed by atoms with E-state index < -0.39 is 4.75 Å². The molecule has 0 bridgehead atoms. The van der Waals surface area contributed by atoms with Crippen LogP contribution in [-0.4, -0.2) is 23.9 Å². The van der Waals surface area contributed by atoms with E-state index in [-0.39, 0.29) is 23.5 Å². The second kappa shape index (κ2) is 9.91. The Morgan fingerprint density at radius 1 is 0.912 bits per heavy atom. The first-order valence-corrected chi connectivity index (χ1v) is 12.9. The van der Waals surface area contributed by atoms with Crippen molar-refractivity contribution in [2.24, 2.45) is 5.92 Å². The lowest BCUT2D eigenvalue weighted by Gasteiger charge is -2.31. The molecule has 1 aliphatic carbocycles. The van der Waals surface area contributed by atoms with Crippen LogP contribution in [0.2, 0.25) is 0 Å². The predicted molar refractivity (Wildman–Crippen MR) is 134 cm³/mol. The number of halogens is 2. The summed E-state index contributed by atoms with van der Waals surface area (Å²) in [6, 6.07) is 21.4. The van der Waals surface area contributed by atoms with Crippen molar-refractivity contribution in [1.82, 2.24) is 4.90 Å². The molecule has 0 aromatic heterocycles. The van der Waals surface area contributed by atoms with Crippen molar-refractivity contribution in [3.63, 3.8) is 0 Å². The summed E-state index contributed by atoms with van der Waals surface area (Å²) in [5.74, 6) is -0.197. The summed E-state index contributed by atoms with van der Waals surface area (Å²) in [7, 11) is 0. The van der Waals surface area contributed by atoms with Crippen LogP contribution in [0, 0.1) is 17.6 Å². The van der Waals surface area contributed by atoms with Crippen LogP contribution in [0.5, 0.6) is 0 Å². The zero-order chi connectivity index (χ0) is 23.5. The molecule has 34 heavy (non-hydrogen) atoms. The minimum absolute atomic E-state index is 0.109. The van der Waals surface area contributed by atoms with Gasteiger partial charge in [-0.3, -0.25) is 4.79 Å². The Morgan fingerprint density at radius 3 is 2.35 bits per heavy atom. The number of rotatable bonds is 5. The summed E-state index contributed by atoms with van der Waals surface area (Å²) in [5, 5.41) is 0. The highest BCUT2D eigenvalue weighted by Crippen LogP contribution is 2.49. The molecule has 1 amide bonds. The highest BCUT2D eigenvalue weighted by Gasteiger charge is 2.44. The van der Waals surface area contributed by atoms with E-state index in [0.717, 1.165) is 48.1 Å². The van der Waals surface area contributed by atoms with Crippen molar-refractivity contribution in [2.45, 2.75) is 48.2 Å². The van der Waals surface area contributed by atoms with E-state index in [1.165, 1.54) is 18.6 Å². The van der Waals surface area contributed by atoms with Gasteiger partial charge in [-0.2, -0.15) is 0 Å². The molecule has 1 saturated heterocycles. The molecular formula is C29H29F2NOS. The van der Waals surface area contributed by atoms with Gasteiger partial charge in [0.1, 0.15) is 11.6 Å². The van der Waals surface area contributed by atoms with E-state index in [2.05, 4.69) is 0 Å². The molecule has 176 valence electrons. The highest BCUT2D eigenvalue weighted by molar-refractivity contribution is 8.00. The minimum Gasteiger partial charge on any atom is -0.341 e. The second-order valence-electron chi connectivity index (χ2n) is 9.46. The molecule has 0 spiro atoms. The van der Waals surface area contributed by atoms with Crippen LogP contribution in [0.3, 0.4) is 0 Å². The van der Waals surface area contributed by atoms with Crippen LogP contribution in [0.25, 0.3) is 11.1 Å². The number of nitrogens with zero attached hydrogens (tertiary/aromatic N) is 1. The van der Waals surface area contributed by atoms with Crippen LogP contribution in [0.4, 0.5) is 8.78 Å². The van der Waals surface area contributed by atoms with Crippen molar-refractivity contribution in [1.29, 1.82) is 0 Å². The largest absolute Gasteiger partial charge is 0.341 e. The van der Waals surface area contributed by atoms with Gasteiger partial charge >= 0.3 is 0 Å². The summed E-state index contributed by atoms with van der Waals surface area (Å²) < 4.78 is 28.4. The molecule has 2 nitrogen and oxygen atoms in total. The summed E-state index contributed by atoms with van der Waals surface area (Å²) in [6.45, 7) is 1.19. The Morgan fingerprint density at radius 2 is 1.65 bits per heavy atom. The van der Waals surface area contributed by atoms with Gasteiger partial charge in [-0.05, 0) is 60.7 Å². The van der Waals surface area contributed by atoms with Gasteiger partial charge in [0.2, 0.25) is 5.91 Å². The van der Waals surface area contributed by atoms with Gasteiger partial charge in [0.15, 0.2) is 0 Å². The second-order valence-corrected chi connectivity index (χ2v) is 10.9. The molecular weight excluding hydrogens is 448 g/mol. The molecule has 5 heteroatoms. The average Bonchev–Trinajstić information content (AvgIpc) is 3.31. The molecule has 2 aliphatic rings. The first-order valence-electron chi connectivity index (χ1n) is 12.1. The Balaban J connectivity index is 1.47. The van der Waals surface area contributed by atoms with Gasteiger partial charge < -0.3 is 4.90 Å². The van der Waals surface area contributed by atoms with Gasteiger partial charge in [-0.25, -0.2) is 8.78 Å². The maximum absolute atomic E-state index is 15.4. The summed E-state index contributed by atoms with van der Waals surface area (Å²) >= 11 is 1.61. The van der Waals surface area contributed by atoms with Crippen LogP contribution in [0.15, 0.2) is 77.7 Å². The maximum Gasteiger partial charge on any atom is 0.225 e. The molecule has 3 aromatic carbocycles. The third-order valence-electron chi connectivity index (χ3n) is 7.20. The smallest absolute Gasteiger partial charge is 0.225 e. The Kier molecular flexibility index (Phi) is 6.73. The molecule has 1 atom stereocenters. The third kappa shape index (κ3) is 4.76. The molecule has 1 aliphatic heterocycles. The van der Waals surface area contributed by atoms with E-state index >= 15 is 4.39 Å².